The largest absolute Gasteiger partial charge is 0.478 e. The Morgan fingerprint density at radius 3 is 1.95 bits per heavy atom. The van der Waals surface area contributed by atoms with Crippen LogP contribution in [0.25, 0.3) is 0 Å². The van der Waals surface area contributed by atoms with Crippen LogP contribution < -0.4 is 4.74 Å². The van der Waals surface area contributed by atoms with Crippen LogP contribution in [0.2, 0.25) is 0 Å². The highest BCUT2D eigenvalue weighted by Crippen LogP contribution is 2.37. The lowest BCUT2D eigenvalue weighted by molar-refractivity contribution is -0.167. The van der Waals surface area contributed by atoms with Crippen LogP contribution in [-0.2, 0) is 4.79 Å². The molecular weight excluding hydrogens is 264 g/mol. The fourth-order valence-electron chi connectivity index (χ4n) is 3.13. The van der Waals surface area contributed by atoms with Crippen molar-refractivity contribution in [2.45, 2.75) is 59.0 Å². The first kappa shape index (κ1) is 17.5. The van der Waals surface area contributed by atoms with Gasteiger partial charge in [-0.1, -0.05) is 58.7 Å². The predicted molar refractivity (Wildman–Crippen MR) is 85.6 cm³/mol. The zero-order valence-electron chi connectivity index (χ0n) is 13.6. The highest BCUT2D eigenvalue weighted by molar-refractivity contribution is 5.79. The highest BCUT2D eigenvalue weighted by Gasteiger charge is 2.50. The molecule has 0 aliphatic heterocycles. The van der Waals surface area contributed by atoms with Gasteiger partial charge in [-0.15, -0.1) is 0 Å². The molecule has 0 amide bonds. The van der Waals surface area contributed by atoms with Gasteiger partial charge >= 0.3 is 5.97 Å². The van der Waals surface area contributed by atoms with Crippen LogP contribution in [0.1, 0.15) is 53.4 Å². The second-order valence-electron chi connectivity index (χ2n) is 5.89. The van der Waals surface area contributed by atoms with E-state index < -0.39 is 11.6 Å². The van der Waals surface area contributed by atoms with Crippen LogP contribution >= 0.6 is 0 Å². The maximum absolute atomic E-state index is 12.1. The smallest absolute Gasteiger partial charge is 0.348 e. The Bertz CT molecular complexity index is 415. The van der Waals surface area contributed by atoms with Gasteiger partial charge in [0.15, 0.2) is 0 Å². The summed E-state index contributed by atoms with van der Waals surface area (Å²) in [6.45, 7) is 8.14. The molecule has 0 radical (unpaired) electrons. The lowest BCUT2D eigenvalue weighted by Crippen LogP contribution is -2.55. The van der Waals surface area contributed by atoms with Gasteiger partial charge in [0, 0.05) is 11.8 Å². The Morgan fingerprint density at radius 2 is 1.57 bits per heavy atom. The first-order chi connectivity index (χ1) is 9.98. The number of carboxylic acid groups (broad SMARTS) is 1. The maximum Gasteiger partial charge on any atom is 0.348 e. The average molecular weight is 292 g/mol. The summed E-state index contributed by atoms with van der Waals surface area (Å²) in [6, 6.07) is 9.30. The Balaban J connectivity index is 3.19. The van der Waals surface area contributed by atoms with E-state index in [1.165, 1.54) is 0 Å². The SMILES string of the molecule is CCCC(C)C(Oc1ccccc1)(C(=O)O)C(C)CCC. The number of rotatable bonds is 9. The lowest BCUT2D eigenvalue weighted by atomic mass is 9.74. The maximum atomic E-state index is 12.1. The van der Waals surface area contributed by atoms with E-state index >= 15 is 0 Å². The molecule has 0 saturated carbocycles. The molecule has 0 aliphatic carbocycles. The number of hydrogen-bond donors (Lipinski definition) is 1. The number of para-hydroxylation sites is 1. The summed E-state index contributed by atoms with van der Waals surface area (Å²) in [6.07, 6.45) is 3.58. The summed E-state index contributed by atoms with van der Waals surface area (Å²) < 4.78 is 6.09. The van der Waals surface area contributed by atoms with Crippen LogP contribution in [0.4, 0.5) is 0 Å². The third kappa shape index (κ3) is 3.99. The van der Waals surface area contributed by atoms with Crippen molar-refractivity contribution in [3.05, 3.63) is 30.3 Å². The van der Waals surface area contributed by atoms with Crippen molar-refractivity contribution in [2.24, 2.45) is 11.8 Å². The highest BCUT2D eigenvalue weighted by atomic mass is 16.5. The van der Waals surface area contributed by atoms with Crippen molar-refractivity contribution in [1.29, 1.82) is 0 Å². The first-order valence-electron chi connectivity index (χ1n) is 7.96. The predicted octanol–water partition coefficient (Wildman–Crippen LogP) is 4.76. The second-order valence-corrected chi connectivity index (χ2v) is 5.89. The quantitative estimate of drug-likeness (QED) is 0.713. The molecule has 0 fully saturated rings. The van der Waals surface area contributed by atoms with Crippen molar-refractivity contribution in [3.8, 4) is 5.75 Å². The zero-order chi connectivity index (χ0) is 15.9. The summed E-state index contributed by atoms with van der Waals surface area (Å²) in [4.78, 5) is 12.1. The van der Waals surface area contributed by atoms with Crippen LogP contribution in [0.3, 0.4) is 0 Å². The molecule has 1 aromatic rings. The summed E-state index contributed by atoms with van der Waals surface area (Å²) >= 11 is 0. The molecule has 0 aromatic heterocycles. The molecule has 0 bridgehead atoms. The van der Waals surface area contributed by atoms with Crippen LogP contribution in [0, 0.1) is 11.8 Å². The van der Waals surface area contributed by atoms with Crippen molar-refractivity contribution in [2.75, 3.05) is 0 Å². The van der Waals surface area contributed by atoms with Gasteiger partial charge in [-0.3, -0.25) is 0 Å². The van der Waals surface area contributed by atoms with E-state index in [4.69, 9.17) is 4.74 Å². The summed E-state index contributed by atoms with van der Waals surface area (Å²) in [5, 5.41) is 9.95. The second kappa shape index (κ2) is 8.06. The minimum atomic E-state index is -1.16. The Kier molecular flexibility index (Phi) is 6.73. The average Bonchev–Trinajstić information content (AvgIpc) is 2.45. The molecule has 118 valence electrons. The van der Waals surface area contributed by atoms with E-state index in [-0.39, 0.29) is 11.8 Å². The Morgan fingerprint density at radius 1 is 1.10 bits per heavy atom. The van der Waals surface area contributed by atoms with Gasteiger partial charge < -0.3 is 9.84 Å². The van der Waals surface area contributed by atoms with Crippen LogP contribution in [-0.4, -0.2) is 16.7 Å². The van der Waals surface area contributed by atoms with Crippen LogP contribution in [0.5, 0.6) is 5.75 Å². The first-order valence-corrected chi connectivity index (χ1v) is 7.96. The number of ether oxygens (including phenoxy) is 1. The number of carboxylic acids is 1. The molecule has 1 aromatic carbocycles. The van der Waals surface area contributed by atoms with Gasteiger partial charge in [0.05, 0.1) is 0 Å². The number of hydrogen-bond acceptors (Lipinski definition) is 2. The third-order valence-electron chi connectivity index (χ3n) is 4.27. The molecule has 1 N–H and O–H groups in total. The summed E-state index contributed by atoms with van der Waals surface area (Å²) in [7, 11) is 0. The van der Waals surface area contributed by atoms with Gasteiger partial charge in [0.1, 0.15) is 5.75 Å². The van der Waals surface area contributed by atoms with E-state index in [0.717, 1.165) is 25.7 Å². The molecule has 1 rings (SSSR count). The number of carbonyl (C=O) groups is 1. The fourth-order valence-corrected chi connectivity index (χ4v) is 3.13. The van der Waals surface area contributed by atoms with Crippen molar-refractivity contribution >= 4 is 5.97 Å². The van der Waals surface area contributed by atoms with Gasteiger partial charge in [-0.25, -0.2) is 4.79 Å². The monoisotopic (exact) mass is 292 g/mol. The van der Waals surface area contributed by atoms with Crippen LogP contribution in [0.15, 0.2) is 30.3 Å². The van der Waals surface area contributed by atoms with Crippen molar-refractivity contribution in [1.82, 2.24) is 0 Å². The normalized spacial score (nSPS) is 16.8. The van der Waals surface area contributed by atoms with Gasteiger partial charge in [-0.2, -0.15) is 0 Å². The van der Waals surface area contributed by atoms with Gasteiger partial charge in [-0.05, 0) is 25.0 Å². The molecule has 0 spiro atoms. The van der Waals surface area contributed by atoms with Crippen molar-refractivity contribution < 1.29 is 14.6 Å². The standard InChI is InChI=1S/C18H28O3/c1-5-10-14(3)18(17(19)20,15(4)11-6-2)21-16-12-8-7-9-13-16/h7-9,12-15H,5-6,10-11H2,1-4H3,(H,19,20). The summed E-state index contributed by atoms with van der Waals surface area (Å²) in [5.74, 6) is -0.303. The fraction of sp³-hybridized carbons (Fsp3) is 0.611. The molecule has 0 saturated heterocycles. The molecule has 2 unspecified atom stereocenters. The Hall–Kier alpha value is -1.51. The van der Waals surface area contributed by atoms with E-state index in [9.17, 15) is 9.90 Å². The minimum Gasteiger partial charge on any atom is -0.478 e. The molecule has 0 heterocycles. The topological polar surface area (TPSA) is 46.5 Å². The molecule has 3 nitrogen and oxygen atoms in total. The molecule has 0 aliphatic rings. The molecular formula is C18H28O3. The lowest BCUT2D eigenvalue weighted by Gasteiger charge is -2.40. The summed E-state index contributed by atoms with van der Waals surface area (Å²) in [5.41, 5.74) is -1.16. The minimum absolute atomic E-state index is 0.0400. The van der Waals surface area contributed by atoms with Crippen molar-refractivity contribution in [3.63, 3.8) is 0 Å². The Labute approximate surface area is 128 Å². The van der Waals surface area contributed by atoms with E-state index in [0.29, 0.717) is 5.75 Å². The van der Waals surface area contributed by atoms with Gasteiger partial charge in [0.2, 0.25) is 5.60 Å². The molecule has 3 heteroatoms. The number of benzene rings is 1. The van der Waals surface area contributed by atoms with E-state index in [1.54, 1.807) is 0 Å². The van der Waals surface area contributed by atoms with E-state index in [1.807, 2.05) is 44.2 Å². The number of aliphatic carboxylic acids is 1. The third-order valence-corrected chi connectivity index (χ3v) is 4.27. The molecule has 2 atom stereocenters. The zero-order valence-corrected chi connectivity index (χ0v) is 13.6. The molecule has 21 heavy (non-hydrogen) atoms. The van der Waals surface area contributed by atoms with Gasteiger partial charge in [0.25, 0.3) is 0 Å². The van der Waals surface area contributed by atoms with E-state index in [2.05, 4.69) is 13.8 Å².